The zero-order chi connectivity index (χ0) is 26.8. The van der Waals surface area contributed by atoms with Gasteiger partial charge in [-0.15, -0.1) is 0 Å². The minimum Gasteiger partial charge on any atom is -0.299 e. The van der Waals surface area contributed by atoms with Gasteiger partial charge in [0.25, 0.3) is 0 Å². The molecule has 0 spiro atoms. The van der Waals surface area contributed by atoms with Gasteiger partial charge in [-0.05, 0) is 30.4 Å². The highest BCUT2D eigenvalue weighted by molar-refractivity contribution is 14.1. The lowest BCUT2D eigenvalue weighted by molar-refractivity contribution is 0.540. The first-order valence-electron chi connectivity index (χ1n) is 10.1. The lowest BCUT2D eigenvalue weighted by Gasteiger charge is -2.17. The number of hydrogen-bond acceptors (Lipinski definition) is 3. The van der Waals surface area contributed by atoms with Crippen LogP contribution in [-0.4, -0.2) is 22.3 Å². The van der Waals surface area contributed by atoms with E-state index in [1.165, 1.54) is 36.5 Å². The molecule has 34 heavy (non-hydrogen) atoms. The van der Waals surface area contributed by atoms with Crippen molar-refractivity contribution in [3.05, 3.63) is 108 Å². The maximum absolute atomic E-state index is 14.4. The van der Waals surface area contributed by atoms with Crippen LogP contribution in [-0.2, 0) is 0 Å². The Labute approximate surface area is 213 Å². The first-order valence-corrected chi connectivity index (χ1v) is 12.3. The minimum atomic E-state index is -1.48. The lowest BCUT2D eigenvalue weighted by atomic mass is 9.88. The second-order valence-corrected chi connectivity index (χ2v) is 5.72. The van der Waals surface area contributed by atoms with Crippen LogP contribution in [0.25, 0.3) is 0 Å². The molecule has 0 amide bonds. The predicted octanol–water partition coefficient (Wildman–Crippen LogP) is 8.64. The van der Waals surface area contributed by atoms with Gasteiger partial charge in [-0.1, -0.05) is 80.0 Å². The summed E-state index contributed by atoms with van der Waals surface area (Å²) in [6.45, 7) is 14.2. The van der Waals surface area contributed by atoms with Gasteiger partial charge in [-0.25, -0.2) is 13.2 Å². The number of nitrogens with zero attached hydrogens (tertiary/aromatic N) is 1. The highest BCUT2D eigenvalue weighted by Crippen LogP contribution is 2.27. The van der Waals surface area contributed by atoms with Crippen LogP contribution < -0.4 is 0 Å². The van der Waals surface area contributed by atoms with Crippen molar-refractivity contribution < 1.29 is 17.6 Å². The molecule has 1 rings (SSSR count). The summed E-state index contributed by atoms with van der Waals surface area (Å²) < 4.78 is 56.6. The van der Waals surface area contributed by atoms with Crippen molar-refractivity contribution in [2.24, 2.45) is 4.99 Å². The predicted molar refractivity (Wildman–Crippen MR) is 146 cm³/mol. The molecule has 0 saturated carbocycles. The third-order valence-corrected chi connectivity index (χ3v) is 3.80. The van der Waals surface area contributed by atoms with E-state index >= 15 is 0 Å². The van der Waals surface area contributed by atoms with Crippen LogP contribution in [0.5, 0.6) is 0 Å². The number of aliphatic imine (C=N–C) groups is 1. The quantitative estimate of drug-likeness (QED) is 0.0956. The molecule has 0 saturated heterocycles. The van der Waals surface area contributed by atoms with Crippen molar-refractivity contribution in [1.29, 1.82) is 10.8 Å². The van der Waals surface area contributed by atoms with Gasteiger partial charge in [-0.3, -0.25) is 15.8 Å². The molecular weight excluding hydrogens is 557 g/mol. The van der Waals surface area contributed by atoms with E-state index < -0.39 is 40.3 Å². The summed E-state index contributed by atoms with van der Waals surface area (Å²) in [5.41, 5.74) is -2.37. The molecule has 0 fully saturated rings. The molecule has 0 aromatic heterocycles. The Kier molecular flexibility index (Phi) is 18.2. The first kappa shape index (κ1) is 33.3. The Morgan fingerprint density at radius 3 is 1.88 bits per heavy atom. The van der Waals surface area contributed by atoms with Crippen LogP contribution in [0.2, 0.25) is 0 Å². The molecule has 8 heteroatoms. The third kappa shape index (κ3) is 9.54. The van der Waals surface area contributed by atoms with Crippen LogP contribution >= 0.6 is 22.6 Å². The second-order valence-electron chi connectivity index (χ2n) is 5.72. The number of benzene rings is 1. The molecule has 0 radical (unpaired) electrons. The van der Waals surface area contributed by atoms with E-state index in [9.17, 15) is 17.6 Å². The summed E-state index contributed by atoms with van der Waals surface area (Å²) in [5.74, 6) is -5.32. The second kappa shape index (κ2) is 18.5. The number of nitrogens with one attached hydrogen (secondary N) is 2. The highest BCUT2D eigenvalue weighted by atomic mass is 127. The third-order valence-electron chi connectivity index (χ3n) is 3.80. The zero-order valence-electron chi connectivity index (χ0n) is 19.9. The van der Waals surface area contributed by atoms with Crippen LogP contribution in [0, 0.1) is 28.3 Å². The zero-order valence-corrected chi connectivity index (χ0v) is 22.1. The minimum absolute atomic E-state index is 0.0889. The lowest BCUT2D eigenvalue weighted by Crippen LogP contribution is -2.19. The molecule has 0 aliphatic heterocycles. The van der Waals surface area contributed by atoms with Crippen molar-refractivity contribution in [3.63, 3.8) is 0 Å². The number of hydrogen-bond donors (Lipinski definition) is 2. The van der Waals surface area contributed by atoms with Gasteiger partial charge < -0.3 is 0 Å². The Balaban J connectivity index is 0. The molecule has 0 aliphatic rings. The van der Waals surface area contributed by atoms with Crippen molar-refractivity contribution in [2.75, 3.05) is 4.93 Å². The average molecular weight is 587 g/mol. The highest BCUT2D eigenvalue weighted by Gasteiger charge is 2.26. The number of halogens is 5. The van der Waals surface area contributed by atoms with E-state index in [2.05, 4.69) is 40.7 Å². The van der Waals surface area contributed by atoms with E-state index in [1.807, 2.05) is 18.8 Å². The standard InChI is InChI=1S/C23H21F4N3.C2H6.CH3I/c1-5-9-11-14(7-3)19(21(23(27)29)18(10-6-2)30-8-4)22(28)20-16(25)12-15(24)13-17(20)26;2*1-2/h5-13,28-29H,1,4H2,2-3H3;1-2H3;1H3/b10-6-,11-9-,14-7+,21-19-,28-22?,29-23?,30-18?;;. The molecule has 1 aromatic rings. The summed E-state index contributed by atoms with van der Waals surface area (Å²) in [4.78, 5) is 5.90. The topological polar surface area (TPSA) is 60.1 Å². The van der Waals surface area contributed by atoms with Crippen LogP contribution in [0.1, 0.15) is 33.3 Å². The van der Waals surface area contributed by atoms with Crippen molar-refractivity contribution in [1.82, 2.24) is 0 Å². The monoisotopic (exact) mass is 587 g/mol. The van der Waals surface area contributed by atoms with Crippen LogP contribution in [0.4, 0.5) is 17.6 Å². The largest absolute Gasteiger partial charge is 0.299 e. The molecule has 184 valence electrons. The number of allylic oxidation sites excluding steroid dienone is 9. The van der Waals surface area contributed by atoms with Crippen molar-refractivity contribution in [2.45, 2.75) is 27.7 Å². The van der Waals surface area contributed by atoms with Gasteiger partial charge >= 0.3 is 0 Å². The Morgan fingerprint density at radius 2 is 1.50 bits per heavy atom. The summed E-state index contributed by atoms with van der Waals surface area (Å²) >= 11 is 2.15. The van der Waals surface area contributed by atoms with Crippen molar-refractivity contribution in [3.8, 4) is 0 Å². The summed E-state index contributed by atoms with van der Waals surface area (Å²) in [6.07, 6.45) is 9.76. The van der Waals surface area contributed by atoms with Gasteiger partial charge in [0.1, 0.15) is 17.5 Å². The molecule has 0 unspecified atom stereocenters. The fourth-order valence-corrected chi connectivity index (χ4v) is 2.61. The van der Waals surface area contributed by atoms with Crippen LogP contribution in [0.3, 0.4) is 0 Å². The fraction of sp³-hybridized carbons (Fsp3) is 0.192. The van der Waals surface area contributed by atoms with Gasteiger partial charge in [0.15, 0.2) is 0 Å². The van der Waals surface area contributed by atoms with Gasteiger partial charge in [0, 0.05) is 23.9 Å². The van der Waals surface area contributed by atoms with E-state index in [4.69, 9.17) is 10.8 Å². The maximum atomic E-state index is 14.4. The molecule has 0 atom stereocenters. The molecule has 1 aromatic carbocycles. The normalized spacial score (nSPS) is 12.3. The first-order chi connectivity index (χ1) is 16.2. The summed E-state index contributed by atoms with van der Waals surface area (Å²) in [5, 5.41) is 16.1. The van der Waals surface area contributed by atoms with Gasteiger partial charge in [0.05, 0.1) is 22.6 Å². The maximum Gasteiger partial charge on any atom is 0.215 e. The van der Waals surface area contributed by atoms with Gasteiger partial charge in [-0.2, -0.15) is 4.39 Å². The van der Waals surface area contributed by atoms with E-state index in [0.717, 1.165) is 6.20 Å². The fourth-order valence-electron chi connectivity index (χ4n) is 2.61. The summed E-state index contributed by atoms with van der Waals surface area (Å²) in [7, 11) is 0. The molecule has 0 heterocycles. The molecule has 0 bridgehead atoms. The Morgan fingerprint density at radius 1 is 0.971 bits per heavy atom. The average Bonchev–Trinajstić information content (AvgIpc) is 2.80. The Hall–Kier alpha value is -2.88. The SMILES string of the molecule is C=C\C=C/C(=C\C)C(/C(=N)c1c(F)cc(F)cc1F)=C(/C(=N)F)C(/C=C\C)=NC=C.CC.CI. The Bertz CT molecular complexity index is 1010. The molecule has 3 nitrogen and oxygen atoms in total. The van der Waals surface area contributed by atoms with E-state index in [-0.39, 0.29) is 16.9 Å². The van der Waals surface area contributed by atoms with Gasteiger partial charge in [0.2, 0.25) is 5.97 Å². The molecule has 0 aliphatic carbocycles. The van der Waals surface area contributed by atoms with Crippen molar-refractivity contribution >= 4 is 40.0 Å². The molecular formula is C26H30F4IN3. The summed E-state index contributed by atoms with van der Waals surface area (Å²) in [6, 6.07) is 0.842. The number of rotatable bonds is 9. The smallest absolute Gasteiger partial charge is 0.215 e. The van der Waals surface area contributed by atoms with E-state index in [1.54, 1.807) is 13.8 Å². The van der Waals surface area contributed by atoms with Crippen LogP contribution in [0.15, 0.2) is 89.7 Å². The number of alkyl halides is 1. The van der Waals surface area contributed by atoms with E-state index in [0.29, 0.717) is 12.1 Å². The molecule has 2 N–H and O–H groups in total.